The molecule has 0 saturated carbocycles. The SMILES string of the molecule is CCCn1cncc1CNCCC(=O)N1CCCC1. The van der Waals surface area contributed by atoms with E-state index in [1.165, 1.54) is 5.69 Å². The summed E-state index contributed by atoms with van der Waals surface area (Å²) in [5.74, 6) is 0.284. The number of aryl methyl sites for hydroxylation is 1. The second kappa shape index (κ2) is 7.28. The number of imidazole rings is 1. The van der Waals surface area contributed by atoms with Crippen molar-refractivity contribution in [2.45, 2.75) is 45.7 Å². The third-order valence-electron chi connectivity index (χ3n) is 3.54. The van der Waals surface area contributed by atoms with Crippen molar-refractivity contribution in [3.63, 3.8) is 0 Å². The predicted molar refractivity (Wildman–Crippen MR) is 74.7 cm³/mol. The molecule has 0 radical (unpaired) electrons. The fourth-order valence-electron chi connectivity index (χ4n) is 2.47. The van der Waals surface area contributed by atoms with E-state index >= 15 is 0 Å². The third kappa shape index (κ3) is 4.06. The van der Waals surface area contributed by atoms with E-state index in [9.17, 15) is 4.79 Å². The highest BCUT2D eigenvalue weighted by Gasteiger charge is 2.16. The van der Waals surface area contributed by atoms with Crippen LogP contribution in [0.1, 0.15) is 38.3 Å². The second-order valence-corrected chi connectivity index (χ2v) is 5.09. The maximum absolute atomic E-state index is 11.8. The Labute approximate surface area is 115 Å². The summed E-state index contributed by atoms with van der Waals surface area (Å²) in [7, 11) is 0. The maximum atomic E-state index is 11.8. The zero-order chi connectivity index (χ0) is 13.5. The van der Waals surface area contributed by atoms with E-state index < -0.39 is 0 Å². The number of nitrogens with one attached hydrogen (secondary N) is 1. The summed E-state index contributed by atoms with van der Waals surface area (Å²) in [4.78, 5) is 18.0. The molecule has 1 aliphatic rings. The minimum atomic E-state index is 0.284. The van der Waals surface area contributed by atoms with Gasteiger partial charge >= 0.3 is 0 Å². The smallest absolute Gasteiger partial charge is 0.223 e. The molecule has 106 valence electrons. The Morgan fingerprint density at radius 2 is 2.21 bits per heavy atom. The third-order valence-corrected chi connectivity index (χ3v) is 3.54. The van der Waals surface area contributed by atoms with E-state index in [1.807, 2.05) is 17.4 Å². The van der Waals surface area contributed by atoms with Gasteiger partial charge in [-0.2, -0.15) is 0 Å². The monoisotopic (exact) mass is 264 g/mol. The van der Waals surface area contributed by atoms with Crippen LogP contribution in [0.2, 0.25) is 0 Å². The predicted octanol–water partition coefficient (Wildman–Crippen LogP) is 1.40. The quantitative estimate of drug-likeness (QED) is 0.757. The first-order chi connectivity index (χ1) is 9.31. The zero-order valence-corrected chi connectivity index (χ0v) is 11.8. The van der Waals surface area contributed by atoms with E-state index in [4.69, 9.17) is 0 Å². The van der Waals surface area contributed by atoms with E-state index in [0.717, 1.165) is 52.0 Å². The maximum Gasteiger partial charge on any atom is 0.223 e. The lowest BCUT2D eigenvalue weighted by Crippen LogP contribution is -2.30. The Kier molecular flexibility index (Phi) is 5.39. The van der Waals surface area contributed by atoms with Gasteiger partial charge in [-0.25, -0.2) is 4.98 Å². The van der Waals surface area contributed by atoms with Crippen LogP contribution in [0.15, 0.2) is 12.5 Å². The highest BCUT2D eigenvalue weighted by atomic mass is 16.2. The van der Waals surface area contributed by atoms with E-state index in [2.05, 4.69) is 21.8 Å². The molecular formula is C14H24N4O. The van der Waals surface area contributed by atoms with Crippen molar-refractivity contribution in [3.8, 4) is 0 Å². The van der Waals surface area contributed by atoms with Gasteiger partial charge in [0.05, 0.1) is 12.0 Å². The van der Waals surface area contributed by atoms with Gasteiger partial charge in [0.1, 0.15) is 0 Å². The molecule has 0 bridgehead atoms. The highest BCUT2D eigenvalue weighted by Crippen LogP contribution is 2.08. The number of carbonyl (C=O) groups excluding carboxylic acids is 1. The molecular weight excluding hydrogens is 240 g/mol. The van der Waals surface area contributed by atoms with Gasteiger partial charge in [-0.3, -0.25) is 4.79 Å². The summed E-state index contributed by atoms with van der Waals surface area (Å²) in [6.07, 6.45) is 7.80. The van der Waals surface area contributed by atoms with Crippen LogP contribution in [0.25, 0.3) is 0 Å². The standard InChI is InChI=1S/C14H24N4O/c1-2-7-18-12-16-11-13(18)10-15-6-5-14(19)17-8-3-4-9-17/h11-12,15H,2-10H2,1H3. The van der Waals surface area contributed by atoms with Gasteiger partial charge in [-0.15, -0.1) is 0 Å². The summed E-state index contributed by atoms with van der Waals surface area (Å²) >= 11 is 0. The summed E-state index contributed by atoms with van der Waals surface area (Å²) < 4.78 is 2.16. The van der Waals surface area contributed by atoms with Crippen molar-refractivity contribution in [1.82, 2.24) is 19.8 Å². The van der Waals surface area contributed by atoms with Crippen LogP contribution in [0.3, 0.4) is 0 Å². The number of hydrogen-bond donors (Lipinski definition) is 1. The topological polar surface area (TPSA) is 50.2 Å². The number of rotatable bonds is 7. The molecule has 0 atom stereocenters. The molecule has 1 fully saturated rings. The lowest BCUT2D eigenvalue weighted by molar-refractivity contribution is -0.130. The summed E-state index contributed by atoms with van der Waals surface area (Å²) in [5.41, 5.74) is 1.19. The van der Waals surface area contributed by atoms with Crippen LogP contribution < -0.4 is 5.32 Å². The molecule has 5 heteroatoms. The van der Waals surface area contributed by atoms with Gasteiger partial charge in [0, 0.05) is 45.3 Å². The lowest BCUT2D eigenvalue weighted by Gasteiger charge is -2.15. The zero-order valence-electron chi connectivity index (χ0n) is 11.8. The molecule has 5 nitrogen and oxygen atoms in total. The van der Waals surface area contributed by atoms with Crippen LogP contribution in [0.5, 0.6) is 0 Å². The summed E-state index contributed by atoms with van der Waals surface area (Å²) in [5, 5.41) is 3.33. The molecule has 1 aromatic rings. The van der Waals surface area contributed by atoms with Crippen molar-refractivity contribution in [2.75, 3.05) is 19.6 Å². The molecule has 1 N–H and O–H groups in total. The number of nitrogens with zero attached hydrogens (tertiary/aromatic N) is 3. The Hall–Kier alpha value is -1.36. The Balaban J connectivity index is 1.65. The van der Waals surface area contributed by atoms with Gasteiger partial charge in [0.2, 0.25) is 5.91 Å². The summed E-state index contributed by atoms with van der Waals surface area (Å²) in [6.45, 7) is 6.58. The number of hydrogen-bond acceptors (Lipinski definition) is 3. The Bertz CT molecular complexity index is 396. The fourth-order valence-corrected chi connectivity index (χ4v) is 2.47. The highest BCUT2D eigenvalue weighted by molar-refractivity contribution is 5.76. The molecule has 1 saturated heterocycles. The number of carbonyl (C=O) groups is 1. The number of aromatic nitrogens is 2. The molecule has 1 amide bonds. The number of likely N-dealkylation sites (tertiary alicyclic amines) is 1. The van der Waals surface area contributed by atoms with Crippen LogP contribution in [0, 0.1) is 0 Å². The first kappa shape index (κ1) is 14.1. The van der Waals surface area contributed by atoms with Gasteiger partial charge in [0.15, 0.2) is 0 Å². The van der Waals surface area contributed by atoms with Crippen LogP contribution in [-0.4, -0.2) is 40.0 Å². The van der Waals surface area contributed by atoms with E-state index in [1.54, 1.807) is 0 Å². The molecule has 1 aromatic heterocycles. The summed E-state index contributed by atoms with van der Waals surface area (Å²) in [6, 6.07) is 0. The molecule has 19 heavy (non-hydrogen) atoms. The molecule has 0 aliphatic carbocycles. The molecule has 1 aliphatic heterocycles. The first-order valence-electron chi connectivity index (χ1n) is 7.28. The van der Waals surface area contributed by atoms with Crippen molar-refractivity contribution in [2.24, 2.45) is 0 Å². The molecule has 0 aromatic carbocycles. The molecule has 0 unspecified atom stereocenters. The van der Waals surface area contributed by atoms with Gasteiger partial charge in [-0.1, -0.05) is 6.92 Å². The molecule has 2 rings (SSSR count). The van der Waals surface area contributed by atoms with Crippen molar-refractivity contribution in [3.05, 3.63) is 18.2 Å². The van der Waals surface area contributed by atoms with E-state index in [0.29, 0.717) is 6.42 Å². The van der Waals surface area contributed by atoms with Crippen LogP contribution in [0.4, 0.5) is 0 Å². The number of amides is 1. The second-order valence-electron chi connectivity index (χ2n) is 5.09. The van der Waals surface area contributed by atoms with Gasteiger partial charge in [-0.05, 0) is 19.3 Å². The average molecular weight is 264 g/mol. The van der Waals surface area contributed by atoms with Crippen molar-refractivity contribution in [1.29, 1.82) is 0 Å². The Morgan fingerprint density at radius 3 is 2.95 bits per heavy atom. The lowest BCUT2D eigenvalue weighted by atomic mass is 10.3. The van der Waals surface area contributed by atoms with Crippen LogP contribution >= 0.6 is 0 Å². The first-order valence-corrected chi connectivity index (χ1v) is 7.28. The molecule has 2 heterocycles. The van der Waals surface area contributed by atoms with Crippen molar-refractivity contribution >= 4 is 5.91 Å². The fraction of sp³-hybridized carbons (Fsp3) is 0.714. The minimum absolute atomic E-state index is 0.284. The van der Waals surface area contributed by atoms with Gasteiger partial charge < -0.3 is 14.8 Å². The average Bonchev–Trinajstić information content (AvgIpc) is 3.06. The van der Waals surface area contributed by atoms with E-state index in [-0.39, 0.29) is 5.91 Å². The largest absolute Gasteiger partial charge is 0.343 e. The van der Waals surface area contributed by atoms with Crippen LogP contribution in [-0.2, 0) is 17.9 Å². The van der Waals surface area contributed by atoms with Gasteiger partial charge in [0.25, 0.3) is 0 Å². The van der Waals surface area contributed by atoms with Crippen molar-refractivity contribution < 1.29 is 4.79 Å². The molecule has 0 spiro atoms. The Morgan fingerprint density at radius 1 is 1.42 bits per heavy atom. The minimum Gasteiger partial charge on any atom is -0.343 e. The normalized spacial score (nSPS) is 15.1.